The number of fused-ring (bicyclic) bond motifs is 10. The van der Waals surface area contributed by atoms with Crippen LogP contribution in [-0.2, 0) is 4.79 Å². The van der Waals surface area contributed by atoms with Gasteiger partial charge in [0.25, 0.3) is 0 Å². The number of Topliss-reactive ketones (excluding diaryl/α,β-unsaturated/α-hetero) is 1. The Bertz CT molecular complexity index is 1390. The van der Waals surface area contributed by atoms with Crippen molar-refractivity contribution in [3.8, 4) is 0 Å². The molecule has 4 amide bonds. The van der Waals surface area contributed by atoms with Crippen LogP contribution in [-0.4, -0.2) is 65.9 Å². The molecule has 4 bridgehead atoms. The Hall–Kier alpha value is -3.43. The number of amides is 4. The zero-order valence-corrected chi connectivity index (χ0v) is 31.0. The molecular weight excluding hydrogens is 649 g/mol. The molecule has 4 aliphatic heterocycles. The molecule has 4 atom stereocenters. The lowest BCUT2D eigenvalue weighted by Crippen LogP contribution is -2.44. The molecule has 2 saturated heterocycles. The number of hydrogen-bond acceptors (Lipinski definition) is 5. The number of carbonyl (C=O) groups excluding carboxylic acids is 3. The van der Waals surface area contributed by atoms with E-state index in [2.05, 4.69) is 79.6 Å². The number of ketones is 1. The third-order valence-electron chi connectivity index (χ3n) is 13.8. The van der Waals surface area contributed by atoms with Gasteiger partial charge in [0.05, 0.1) is 0 Å². The van der Waals surface area contributed by atoms with Crippen molar-refractivity contribution >= 4 is 17.8 Å². The maximum Gasteiger partial charge on any atom is 0.315 e. The fourth-order valence-corrected chi connectivity index (χ4v) is 11.0. The topological polar surface area (TPSA) is 106 Å². The summed E-state index contributed by atoms with van der Waals surface area (Å²) in [7, 11) is 0. The van der Waals surface area contributed by atoms with Crippen molar-refractivity contribution in [1.29, 1.82) is 0 Å². The van der Waals surface area contributed by atoms with E-state index in [1.165, 1.54) is 51.6 Å². The zero-order valence-electron chi connectivity index (χ0n) is 31.0. The summed E-state index contributed by atoms with van der Waals surface area (Å²) in [4.78, 5) is 43.0. The van der Waals surface area contributed by atoms with Gasteiger partial charge in [0.15, 0.2) is 0 Å². The first kappa shape index (κ1) is 35.6. The molecule has 9 heteroatoms. The van der Waals surface area contributed by atoms with E-state index in [-0.39, 0.29) is 42.8 Å². The lowest BCUT2D eigenvalue weighted by Gasteiger charge is -2.31. The molecule has 8 rings (SSSR count). The average molecular weight is 709 g/mol. The molecule has 0 unspecified atom stereocenters. The van der Waals surface area contributed by atoms with Gasteiger partial charge in [-0.05, 0) is 137 Å². The Kier molecular flexibility index (Phi) is 11.2. The van der Waals surface area contributed by atoms with Gasteiger partial charge in [-0.1, -0.05) is 48.5 Å². The van der Waals surface area contributed by atoms with E-state index in [0.29, 0.717) is 37.3 Å². The van der Waals surface area contributed by atoms with E-state index in [0.717, 1.165) is 63.2 Å². The molecule has 4 heterocycles. The van der Waals surface area contributed by atoms with Crippen LogP contribution in [0.5, 0.6) is 0 Å². The van der Waals surface area contributed by atoms with Gasteiger partial charge in [-0.2, -0.15) is 0 Å². The van der Waals surface area contributed by atoms with Crippen LogP contribution in [0.2, 0.25) is 0 Å². The summed E-state index contributed by atoms with van der Waals surface area (Å²) in [5.74, 6) is 1.51. The summed E-state index contributed by atoms with van der Waals surface area (Å²) in [5.41, 5.74) is 6.24. The van der Waals surface area contributed by atoms with E-state index in [1.54, 1.807) is 22.3 Å². The van der Waals surface area contributed by atoms with Gasteiger partial charge in [-0.25, -0.2) is 9.59 Å². The van der Waals surface area contributed by atoms with Crippen LogP contribution in [0.25, 0.3) is 0 Å². The molecule has 2 aromatic carbocycles. The van der Waals surface area contributed by atoms with Crippen LogP contribution >= 0.6 is 0 Å². The molecule has 9 nitrogen and oxygen atoms in total. The Balaban J connectivity index is 0.632. The SMILES string of the molecule is O=C(CCNC(=O)NC1CCC(CCN2[C@@H]3CC[C@H]2c2ccccc23)CC1)CCNC(=O)NC1CCC(CCN2[C@@H]3CC[C@H]2c2ccccc23)CC1. The molecule has 4 fully saturated rings. The highest BCUT2D eigenvalue weighted by atomic mass is 16.2. The standard InChI is InChI=1S/C43H60N6O3/c50-33(21-25-44-42(51)46-31-13-9-29(10-14-31)23-27-48-38-17-18-39(48)35-6-2-1-5-34(35)38)22-26-45-43(52)47-32-15-11-30(12-16-32)24-28-49-40-19-20-41(49)37-8-4-3-7-36(37)40/h1-8,29-32,38-41H,9-28H2,(H2,44,46,51)(H2,45,47,52)/t29?,30?,31?,32?,38-,39+,40-,41+. The summed E-state index contributed by atoms with van der Waals surface area (Å²) in [6.07, 6.45) is 17.0. The molecule has 0 spiro atoms. The summed E-state index contributed by atoms with van der Waals surface area (Å²) in [6.45, 7) is 3.00. The van der Waals surface area contributed by atoms with Gasteiger partial charge >= 0.3 is 12.1 Å². The van der Waals surface area contributed by atoms with Gasteiger partial charge in [0.2, 0.25) is 0 Å². The summed E-state index contributed by atoms with van der Waals surface area (Å²) < 4.78 is 0. The summed E-state index contributed by atoms with van der Waals surface area (Å²) in [6, 6.07) is 20.6. The predicted molar refractivity (Wildman–Crippen MR) is 204 cm³/mol. The van der Waals surface area contributed by atoms with Gasteiger partial charge < -0.3 is 21.3 Å². The van der Waals surface area contributed by atoms with E-state index in [9.17, 15) is 14.4 Å². The first-order valence-corrected chi connectivity index (χ1v) is 20.8. The molecule has 2 saturated carbocycles. The molecule has 52 heavy (non-hydrogen) atoms. The van der Waals surface area contributed by atoms with Crippen molar-refractivity contribution in [1.82, 2.24) is 31.1 Å². The highest BCUT2D eigenvalue weighted by Crippen LogP contribution is 2.54. The van der Waals surface area contributed by atoms with Crippen LogP contribution in [0.15, 0.2) is 48.5 Å². The predicted octanol–water partition coefficient (Wildman–Crippen LogP) is 7.62. The maximum absolute atomic E-state index is 12.5. The molecule has 4 N–H and O–H groups in total. The lowest BCUT2D eigenvalue weighted by molar-refractivity contribution is -0.118. The Morgan fingerprint density at radius 3 is 1.19 bits per heavy atom. The van der Waals surface area contributed by atoms with Crippen molar-refractivity contribution in [3.63, 3.8) is 0 Å². The molecule has 6 aliphatic rings. The van der Waals surface area contributed by atoms with Crippen LogP contribution in [0.1, 0.15) is 149 Å². The molecule has 2 aromatic rings. The van der Waals surface area contributed by atoms with Crippen LogP contribution < -0.4 is 21.3 Å². The second-order valence-corrected chi connectivity index (χ2v) is 16.8. The smallest absolute Gasteiger partial charge is 0.315 e. The lowest BCUT2D eigenvalue weighted by atomic mass is 9.84. The molecular formula is C43H60N6O3. The van der Waals surface area contributed by atoms with E-state index < -0.39 is 0 Å². The summed E-state index contributed by atoms with van der Waals surface area (Å²) >= 11 is 0. The monoisotopic (exact) mass is 708 g/mol. The maximum atomic E-state index is 12.5. The minimum Gasteiger partial charge on any atom is -0.338 e. The van der Waals surface area contributed by atoms with Gasteiger partial charge in [-0.15, -0.1) is 0 Å². The number of nitrogens with one attached hydrogen (secondary N) is 4. The van der Waals surface area contributed by atoms with Gasteiger partial charge in [0.1, 0.15) is 5.78 Å². The average Bonchev–Trinajstić information content (AvgIpc) is 3.92. The summed E-state index contributed by atoms with van der Waals surface area (Å²) in [5, 5.41) is 12.0. The van der Waals surface area contributed by atoms with Crippen molar-refractivity contribution < 1.29 is 14.4 Å². The largest absolute Gasteiger partial charge is 0.338 e. The van der Waals surface area contributed by atoms with E-state index >= 15 is 0 Å². The molecule has 2 aliphatic carbocycles. The molecule has 280 valence electrons. The number of hydrogen-bond donors (Lipinski definition) is 4. The third-order valence-corrected chi connectivity index (χ3v) is 13.8. The van der Waals surface area contributed by atoms with E-state index in [4.69, 9.17) is 0 Å². The van der Waals surface area contributed by atoms with Crippen molar-refractivity contribution in [2.75, 3.05) is 26.2 Å². The number of urea groups is 2. The Morgan fingerprint density at radius 2 is 0.846 bits per heavy atom. The van der Waals surface area contributed by atoms with Crippen LogP contribution in [0.3, 0.4) is 0 Å². The first-order valence-electron chi connectivity index (χ1n) is 20.8. The zero-order chi connectivity index (χ0) is 35.4. The Morgan fingerprint density at radius 1 is 0.500 bits per heavy atom. The number of benzene rings is 2. The molecule has 0 radical (unpaired) electrons. The minimum absolute atomic E-state index is 0.0469. The third kappa shape index (κ3) is 7.91. The fraction of sp³-hybridized carbons (Fsp3) is 0.651. The second-order valence-electron chi connectivity index (χ2n) is 16.8. The van der Waals surface area contributed by atoms with Crippen molar-refractivity contribution in [2.45, 2.75) is 139 Å². The number of carbonyl (C=O) groups is 3. The fourth-order valence-electron chi connectivity index (χ4n) is 11.0. The highest BCUT2D eigenvalue weighted by molar-refractivity contribution is 5.81. The number of rotatable bonds is 14. The quantitative estimate of drug-likeness (QED) is 0.162. The first-order chi connectivity index (χ1) is 25.5. The van der Waals surface area contributed by atoms with Crippen LogP contribution in [0, 0.1) is 11.8 Å². The van der Waals surface area contributed by atoms with Gasteiger partial charge in [-0.3, -0.25) is 14.6 Å². The normalized spacial score (nSPS) is 30.5. The Labute approximate surface area is 310 Å². The molecule has 0 aromatic heterocycles. The minimum atomic E-state index is -0.177. The van der Waals surface area contributed by atoms with Crippen molar-refractivity contribution in [3.05, 3.63) is 70.8 Å². The highest BCUT2D eigenvalue weighted by Gasteiger charge is 2.44. The van der Waals surface area contributed by atoms with Crippen molar-refractivity contribution in [2.24, 2.45) is 11.8 Å². The van der Waals surface area contributed by atoms with E-state index in [1.807, 2.05) is 0 Å². The van der Waals surface area contributed by atoms with Crippen LogP contribution in [0.4, 0.5) is 9.59 Å². The number of nitrogens with zero attached hydrogens (tertiary/aromatic N) is 2. The second kappa shape index (κ2) is 16.3. The van der Waals surface area contributed by atoms with Gasteiger partial charge in [0, 0.05) is 62.2 Å².